The maximum atomic E-state index is 5.32. The summed E-state index contributed by atoms with van der Waals surface area (Å²) in [5.74, 6) is 1.70. The highest BCUT2D eigenvalue weighted by Crippen LogP contribution is 2.26. The number of hydrogen-bond donors (Lipinski definition) is 2. The van der Waals surface area contributed by atoms with Crippen LogP contribution in [0, 0.1) is 0 Å². The molecular formula is C24H35IN4O2. The average Bonchev–Trinajstić information content (AvgIpc) is 3.32. The molecule has 1 unspecified atom stereocenters. The second kappa shape index (κ2) is 13.5. The summed E-state index contributed by atoms with van der Waals surface area (Å²) >= 11 is 0. The van der Waals surface area contributed by atoms with Crippen LogP contribution in [0.3, 0.4) is 0 Å². The lowest BCUT2D eigenvalue weighted by atomic mass is 10.1. The van der Waals surface area contributed by atoms with E-state index in [4.69, 9.17) is 9.47 Å². The van der Waals surface area contributed by atoms with E-state index in [9.17, 15) is 0 Å². The molecule has 3 rings (SSSR count). The maximum Gasteiger partial charge on any atom is 0.191 e. The Hall–Kier alpha value is -1.84. The van der Waals surface area contributed by atoms with Crippen LogP contribution in [0.1, 0.15) is 35.6 Å². The Kier molecular flexibility index (Phi) is 11.1. The van der Waals surface area contributed by atoms with Gasteiger partial charge in [0.15, 0.2) is 5.96 Å². The number of benzene rings is 2. The van der Waals surface area contributed by atoms with Gasteiger partial charge in [-0.3, -0.25) is 9.89 Å². The number of rotatable bonds is 9. The number of aliphatic imine (C=N–C) groups is 1. The number of guanidine groups is 1. The van der Waals surface area contributed by atoms with E-state index in [2.05, 4.69) is 56.9 Å². The third kappa shape index (κ3) is 7.66. The third-order valence-corrected chi connectivity index (χ3v) is 5.56. The van der Waals surface area contributed by atoms with Crippen LogP contribution in [0.4, 0.5) is 0 Å². The third-order valence-electron chi connectivity index (χ3n) is 5.56. The van der Waals surface area contributed by atoms with Crippen molar-refractivity contribution >= 4 is 29.9 Å². The number of methoxy groups -OCH3 is 2. The summed E-state index contributed by atoms with van der Waals surface area (Å²) in [6.45, 7) is 4.44. The van der Waals surface area contributed by atoms with Crippen LogP contribution >= 0.6 is 24.0 Å². The van der Waals surface area contributed by atoms with E-state index in [-0.39, 0.29) is 24.0 Å². The summed E-state index contributed by atoms with van der Waals surface area (Å²) in [5.41, 5.74) is 3.69. The molecule has 7 heteroatoms. The van der Waals surface area contributed by atoms with Crippen LogP contribution in [0.15, 0.2) is 53.5 Å². The van der Waals surface area contributed by atoms with Gasteiger partial charge in [-0.25, -0.2) is 0 Å². The lowest BCUT2D eigenvalue weighted by Crippen LogP contribution is -2.42. The van der Waals surface area contributed by atoms with Gasteiger partial charge < -0.3 is 20.1 Å². The summed E-state index contributed by atoms with van der Waals surface area (Å²) in [6.07, 6.45) is 2.53. The van der Waals surface area contributed by atoms with Gasteiger partial charge in [-0.15, -0.1) is 24.0 Å². The molecule has 0 saturated carbocycles. The lowest BCUT2D eigenvalue weighted by Gasteiger charge is -2.29. The zero-order valence-electron chi connectivity index (χ0n) is 18.8. The van der Waals surface area contributed by atoms with Crippen LogP contribution in [0.5, 0.6) is 5.75 Å². The number of likely N-dealkylation sites (tertiary alicyclic amines) is 1. The second-order valence-electron chi connectivity index (χ2n) is 7.59. The lowest BCUT2D eigenvalue weighted by molar-refractivity contribution is 0.185. The predicted molar refractivity (Wildman–Crippen MR) is 137 cm³/mol. The van der Waals surface area contributed by atoms with Crippen LogP contribution < -0.4 is 15.4 Å². The molecule has 1 atom stereocenters. The highest BCUT2D eigenvalue weighted by molar-refractivity contribution is 14.0. The van der Waals surface area contributed by atoms with Gasteiger partial charge in [-0.05, 0) is 54.8 Å². The topological polar surface area (TPSA) is 58.1 Å². The van der Waals surface area contributed by atoms with E-state index in [1.54, 1.807) is 14.2 Å². The molecule has 0 amide bonds. The van der Waals surface area contributed by atoms with Crippen LogP contribution in [0.25, 0.3) is 0 Å². The number of hydrogen-bond acceptors (Lipinski definition) is 4. The van der Waals surface area contributed by atoms with Crippen molar-refractivity contribution in [3.63, 3.8) is 0 Å². The Morgan fingerprint density at radius 1 is 0.968 bits per heavy atom. The summed E-state index contributed by atoms with van der Waals surface area (Å²) < 4.78 is 10.5. The smallest absolute Gasteiger partial charge is 0.191 e. The van der Waals surface area contributed by atoms with Crippen LogP contribution in [0.2, 0.25) is 0 Å². The van der Waals surface area contributed by atoms with Gasteiger partial charge in [0, 0.05) is 27.2 Å². The average molecular weight is 538 g/mol. The van der Waals surface area contributed by atoms with Gasteiger partial charge in [0.1, 0.15) is 5.75 Å². The molecule has 170 valence electrons. The number of nitrogens with zero attached hydrogens (tertiary/aromatic N) is 2. The van der Waals surface area contributed by atoms with Gasteiger partial charge in [0.05, 0.1) is 19.8 Å². The van der Waals surface area contributed by atoms with Crippen molar-refractivity contribution in [3.8, 4) is 5.75 Å². The van der Waals surface area contributed by atoms with Gasteiger partial charge in [0.25, 0.3) is 0 Å². The van der Waals surface area contributed by atoms with Gasteiger partial charge in [-0.1, -0.05) is 36.4 Å². The Bertz CT molecular complexity index is 790. The van der Waals surface area contributed by atoms with Gasteiger partial charge in [0.2, 0.25) is 0 Å². The molecule has 2 aromatic carbocycles. The molecule has 2 aromatic rings. The van der Waals surface area contributed by atoms with Crippen LogP contribution in [-0.2, 0) is 17.9 Å². The fraction of sp³-hybridized carbons (Fsp3) is 0.458. The molecule has 1 heterocycles. The normalized spacial score (nSPS) is 15.3. The van der Waals surface area contributed by atoms with Crippen molar-refractivity contribution in [2.45, 2.75) is 32.0 Å². The maximum absolute atomic E-state index is 5.32. The number of ether oxygens (including phenoxy) is 2. The molecule has 1 aliphatic rings. The molecule has 1 aliphatic heterocycles. The van der Waals surface area contributed by atoms with Crippen molar-refractivity contribution < 1.29 is 9.47 Å². The zero-order valence-corrected chi connectivity index (χ0v) is 21.1. The molecule has 0 bridgehead atoms. The minimum absolute atomic E-state index is 0. The van der Waals surface area contributed by atoms with Crippen molar-refractivity contribution in [1.29, 1.82) is 0 Å². The Labute approximate surface area is 203 Å². The first-order valence-electron chi connectivity index (χ1n) is 10.6. The largest absolute Gasteiger partial charge is 0.497 e. The van der Waals surface area contributed by atoms with E-state index < -0.39 is 0 Å². The first kappa shape index (κ1) is 25.4. The molecule has 0 radical (unpaired) electrons. The summed E-state index contributed by atoms with van der Waals surface area (Å²) in [5, 5.41) is 6.94. The van der Waals surface area contributed by atoms with Crippen molar-refractivity contribution in [2.24, 2.45) is 4.99 Å². The first-order chi connectivity index (χ1) is 14.7. The Morgan fingerprint density at radius 2 is 1.61 bits per heavy atom. The van der Waals surface area contributed by atoms with Gasteiger partial charge >= 0.3 is 0 Å². The fourth-order valence-electron chi connectivity index (χ4n) is 3.86. The highest BCUT2D eigenvalue weighted by Gasteiger charge is 2.23. The Morgan fingerprint density at radius 3 is 2.19 bits per heavy atom. The molecule has 1 fully saturated rings. The summed E-state index contributed by atoms with van der Waals surface area (Å²) in [6, 6.07) is 17.2. The molecule has 31 heavy (non-hydrogen) atoms. The molecule has 2 N–H and O–H groups in total. The van der Waals surface area contributed by atoms with E-state index in [1.807, 2.05) is 19.2 Å². The van der Waals surface area contributed by atoms with Crippen molar-refractivity contribution in [3.05, 3.63) is 65.2 Å². The molecular weight excluding hydrogens is 503 g/mol. The van der Waals surface area contributed by atoms with Crippen molar-refractivity contribution in [1.82, 2.24) is 15.5 Å². The molecule has 0 spiro atoms. The second-order valence-corrected chi connectivity index (χ2v) is 7.59. The summed E-state index contributed by atoms with van der Waals surface area (Å²) in [7, 11) is 5.23. The van der Waals surface area contributed by atoms with Crippen LogP contribution in [-0.4, -0.2) is 51.8 Å². The quantitative estimate of drug-likeness (QED) is 0.288. The standard InChI is InChI=1S/C24H34N4O2.HI/c1-25-24(26-16-19-6-8-20(9-7-19)18-29-2)27-17-23(28-14-4-5-15-28)21-10-12-22(30-3)13-11-21;/h6-13,23H,4-5,14-18H2,1-3H3,(H2,25,26,27);1H. The molecule has 0 aliphatic carbocycles. The number of nitrogens with one attached hydrogen (secondary N) is 2. The monoisotopic (exact) mass is 538 g/mol. The highest BCUT2D eigenvalue weighted by atomic mass is 127. The van der Waals surface area contributed by atoms with E-state index >= 15 is 0 Å². The number of halogens is 1. The first-order valence-corrected chi connectivity index (χ1v) is 10.6. The fourth-order valence-corrected chi connectivity index (χ4v) is 3.86. The van der Waals surface area contributed by atoms with Crippen molar-refractivity contribution in [2.75, 3.05) is 40.9 Å². The minimum atomic E-state index is 0. The minimum Gasteiger partial charge on any atom is -0.497 e. The van der Waals surface area contributed by atoms with E-state index in [0.29, 0.717) is 12.6 Å². The molecule has 1 saturated heterocycles. The SMILES string of the molecule is CN=C(NCc1ccc(COC)cc1)NCC(c1ccc(OC)cc1)N1CCCC1.I. The van der Waals surface area contributed by atoms with E-state index in [0.717, 1.165) is 37.9 Å². The molecule has 0 aromatic heterocycles. The zero-order chi connectivity index (χ0) is 21.2. The Balaban J connectivity index is 0.00000341. The molecule has 6 nitrogen and oxygen atoms in total. The summed E-state index contributed by atoms with van der Waals surface area (Å²) in [4.78, 5) is 6.96. The van der Waals surface area contributed by atoms with E-state index in [1.165, 1.54) is 29.5 Å². The predicted octanol–water partition coefficient (Wildman–Crippen LogP) is 3.96. The van der Waals surface area contributed by atoms with Gasteiger partial charge in [-0.2, -0.15) is 0 Å².